The Bertz CT molecular complexity index is 562. The molecular formula is C17H27ClN4O2. The predicted octanol–water partition coefficient (Wildman–Crippen LogP) is 3.35. The van der Waals surface area contributed by atoms with E-state index in [1.54, 1.807) is 6.20 Å². The van der Waals surface area contributed by atoms with Crippen molar-refractivity contribution in [2.45, 2.75) is 58.2 Å². The molecule has 0 unspecified atom stereocenters. The third kappa shape index (κ3) is 5.91. The van der Waals surface area contributed by atoms with E-state index in [2.05, 4.69) is 14.9 Å². The van der Waals surface area contributed by atoms with E-state index in [1.807, 2.05) is 38.8 Å². The molecule has 1 amide bonds. The van der Waals surface area contributed by atoms with Gasteiger partial charge in [0.25, 0.3) is 0 Å². The average molecular weight is 355 g/mol. The number of halogens is 1. The van der Waals surface area contributed by atoms with Gasteiger partial charge < -0.3 is 9.64 Å². The summed E-state index contributed by atoms with van der Waals surface area (Å²) >= 11 is 5.84. The summed E-state index contributed by atoms with van der Waals surface area (Å²) in [5.41, 5.74) is 0.403. The molecule has 7 heteroatoms. The third-order valence-corrected chi connectivity index (χ3v) is 4.08. The molecule has 1 fully saturated rings. The number of likely N-dealkylation sites (N-methyl/N-ethyl adjacent to an activating group) is 1. The van der Waals surface area contributed by atoms with Crippen molar-refractivity contribution in [2.75, 3.05) is 20.1 Å². The fourth-order valence-electron chi connectivity index (χ4n) is 2.91. The Labute approximate surface area is 149 Å². The Hall–Kier alpha value is -1.40. The number of likely N-dealkylation sites (tertiary alicyclic amines) is 1. The van der Waals surface area contributed by atoms with E-state index in [9.17, 15) is 4.79 Å². The molecule has 0 aromatic carbocycles. The normalized spacial score (nSPS) is 18.8. The summed E-state index contributed by atoms with van der Waals surface area (Å²) in [6.45, 7) is 7.90. The number of aromatic nitrogens is 2. The van der Waals surface area contributed by atoms with Crippen molar-refractivity contribution in [3.05, 3.63) is 23.2 Å². The van der Waals surface area contributed by atoms with Gasteiger partial charge in [0.1, 0.15) is 5.60 Å². The molecule has 0 radical (unpaired) electrons. The minimum Gasteiger partial charge on any atom is -0.444 e. The molecule has 1 saturated heterocycles. The summed E-state index contributed by atoms with van der Waals surface area (Å²) in [7, 11) is 2.03. The number of ether oxygens (including phenoxy) is 1. The van der Waals surface area contributed by atoms with Crippen LogP contribution in [0.1, 0.15) is 45.7 Å². The maximum absolute atomic E-state index is 12.5. The highest BCUT2D eigenvalue weighted by molar-refractivity contribution is 6.28. The zero-order chi connectivity index (χ0) is 17.7. The summed E-state index contributed by atoms with van der Waals surface area (Å²) in [5, 5.41) is 0.258. The first kappa shape index (κ1) is 18.9. The maximum Gasteiger partial charge on any atom is 0.410 e. The maximum atomic E-state index is 12.5. The minimum absolute atomic E-state index is 0.163. The fraction of sp³-hybridized carbons (Fsp3) is 0.706. The van der Waals surface area contributed by atoms with Gasteiger partial charge in [-0.25, -0.2) is 14.8 Å². The zero-order valence-electron chi connectivity index (χ0n) is 15.0. The van der Waals surface area contributed by atoms with Gasteiger partial charge in [-0.05, 0) is 64.7 Å². The lowest BCUT2D eigenvalue weighted by Crippen LogP contribution is -2.50. The molecule has 1 aromatic rings. The van der Waals surface area contributed by atoms with E-state index in [4.69, 9.17) is 16.3 Å². The molecule has 1 aromatic heterocycles. The van der Waals surface area contributed by atoms with Crippen molar-refractivity contribution in [2.24, 2.45) is 0 Å². The van der Waals surface area contributed by atoms with Gasteiger partial charge in [0.05, 0.1) is 5.69 Å². The smallest absolute Gasteiger partial charge is 0.410 e. The second kappa shape index (κ2) is 8.12. The molecule has 24 heavy (non-hydrogen) atoms. The Morgan fingerprint density at radius 3 is 2.88 bits per heavy atom. The SMILES string of the molecule is CN(Cc1ccnc(Cl)n1)C[C@H]1CCCCN1C(=O)OC(C)(C)C. The van der Waals surface area contributed by atoms with Crippen LogP contribution < -0.4 is 0 Å². The molecule has 134 valence electrons. The first-order valence-corrected chi connectivity index (χ1v) is 8.78. The van der Waals surface area contributed by atoms with Crippen molar-refractivity contribution in [1.29, 1.82) is 0 Å². The number of carbonyl (C=O) groups is 1. The number of hydrogen-bond donors (Lipinski definition) is 0. The Balaban J connectivity index is 1.96. The van der Waals surface area contributed by atoms with Gasteiger partial charge in [0, 0.05) is 31.9 Å². The predicted molar refractivity (Wildman–Crippen MR) is 94.0 cm³/mol. The van der Waals surface area contributed by atoms with Gasteiger partial charge in [0.2, 0.25) is 5.28 Å². The average Bonchev–Trinajstić information content (AvgIpc) is 2.45. The molecule has 1 aliphatic heterocycles. The lowest BCUT2D eigenvalue weighted by molar-refractivity contribution is 0.00583. The highest BCUT2D eigenvalue weighted by Gasteiger charge is 2.31. The number of hydrogen-bond acceptors (Lipinski definition) is 5. The van der Waals surface area contributed by atoms with E-state index < -0.39 is 5.60 Å². The summed E-state index contributed by atoms with van der Waals surface area (Å²) in [6, 6.07) is 2.02. The summed E-state index contributed by atoms with van der Waals surface area (Å²) in [6.07, 6.45) is 4.60. The molecule has 0 spiro atoms. The molecule has 1 atom stereocenters. The van der Waals surface area contributed by atoms with E-state index in [0.717, 1.165) is 38.0 Å². The largest absolute Gasteiger partial charge is 0.444 e. The van der Waals surface area contributed by atoms with Crippen LogP contribution in [-0.4, -0.2) is 57.6 Å². The van der Waals surface area contributed by atoms with Crippen LogP contribution >= 0.6 is 11.6 Å². The number of amides is 1. The lowest BCUT2D eigenvalue weighted by Gasteiger charge is -2.38. The second-order valence-electron chi connectivity index (χ2n) is 7.34. The van der Waals surface area contributed by atoms with Crippen LogP contribution in [0.5, 0.6) is 0 Å². The monoisotopic (exact) mass is 354 g/mol. The summed E-state index contributed by atoms with van der Waals surface area (Å²) < 4.78 is 5.55. The second-order valence-corrected chi connectivity index (χ2v) is 7.68. The third-order valence-electron chi connectivity index (χ3n) is 3.89. The fourth-order valence-corrected chi connectivity index (χ4v) is 3.07. The highest BCUT2D eigenvalue weighted by atomic mass is 35.5. The van der Waals surface area contributed by atoms with Crippen LogP contribution in [0.25, 0.3) is 0 Å². The van der Waals surface area contributed by atoms with Crippen molar-refractivity contribution < 1.29 is 9.53 Å². The molecule has 0 N–H and O–H groups in total. The zero-order valence-corrected chi connectivity index (χ0v) is 15.7. The van der Waals surface area contributed by atoms with Crippen molar-refractivity contribution in [3.8, 4) is 0 Å². The number of rotatable bonds is 4. The summed E-state index contributed by atoms with van der Waals surface area (Å²) in [5.74, 6) is 0. The van der Waals surface area contributed by atoms with Crippen molar-refractivity contribution >= 4 is 17.7 Å². The van der Waals surface area contributed by atoms with Gasteiger partial charge in [0.15, 0.2) is 0 Å². The standard InChI is InChI=1S/C17H27ClN4O2/c1-17(2,3)24-16(23)22-10-6-5-7-14(22)12-21(4)11-13-8-9-19-15(18)20-13/h8-9,14H,5-7,10-12H2,1-4H3/t14-/m1/s1. The Morgan fingerprint density at radius 2 is 2.21 bits per heavy atom. The van der Waals surface area contributed by atoms with Crippen LogP contribution in [0, 0.1) is 0 Å². The number of piperidine rings is 1. The topological polar surface area (TPSA) is 58.6 Å². The molecule has 6 nitrogen and oxygen atoms in total. The quantitative estimate of drug-likeness (QED) is 0.776. The number of nitrogens with zero attached hydrogens (tertiary/aromatic N) is 4. The van der Waals surface area contributed by atoms with E-state index in [-0.39, 0.29) is 17.4 Å². The van der Waals surface area contributed by atoms with Crippen LogP contribution in [0.4, 0.5) is 4.79 Å². The van der Waals surface area contributed by atoms with Crippen LogP contribution in [-0.2, 0) is 11.3 Å². The van der Waals surface area contributed by atoms with Gasteiger partial charge in [-0.1, -0.05) is 0 Å². The molecule has 2 heterocycles. The van der Waals surface area contributed by atoms with Gasteiger partial charge in [-0.2, -0.15) is 0 Å². The molecule has 0 aliphatic carbocycles. The molecule has 2 rings (SSSR count). The minimum atomic E-state index is -0.470. The molecule has 0 bridgehead atoms. The summed E-state index contributed by atoms with van der Waals surface area (Å²) in [4.78, 5) is 24.6. The first-order valence-electron chi connectivity index (χ1n) is 8.40. The van der Waals surface area contributed by atoms with Crippen LogP contribution in [0.3, 0.4) is 0 Å². The van der Waals surface area contributed by atoms with Gasteiger partial charge in [-0.15, -0.1) is 0 Å². The van der Waals surface area contributed by atoms with Crippen LogP contribution in [0.15, 0.2) is 12.3 Å². The van der Waals surface area contributed by atoms with E-state index in [1.165, 1.54) is 0 Å². The Kier molecular flexibility index (Phi) is 6.40. The van der Waals surface area contributed by atoms with Gasteiger partial charge in [-0.3, -0.25) is 4.90 Å². The molecular weight excluding hydrogens is 328 g/mol. The highest BCUT2D eigenvalue weighted by Crippen LogP contribution is 2.21. The van der Waals surface area contributed by atoms with Crippen molar-refractivity contribution in [1.82, 2.24) is 19.8 Å². The van der Waals surface area contributed by atoms with E-state index >= 15 is 0 Å². The van der Waals surface area contributed by atoms with Crippen molar-refractivity contribution in [3.63, 3.8) is 0 Å². The molecule has 1 aliphatic rings. The molecule has 0 saturated carbocycles. The lowest BCUT2D eigenvalue weighted by atomic mass is 10.0. The first-order chi connectivity index (χ1) is 11.2. The Morgan fingerprint density at radius 1 is 1.46 bits per heavy atom. The number of carbonyl (C=O) groups excluding carboxylic acids is 1. The van der Waals surface area contributed by atoms with Gasteiger partial charge >= 0.3 is 6.09 Å². The van der Waals surface area contributed by atoms with Crippen LogP contribution in [0.2, 0.25) is 5.28 Å². The van der Waals surface area contributed by atoms with E-state index in [0.29, 0.717) is 6.54 Å².